The van der Waals surface area contributed by atoms with Crippen molar-refractivity contribution in [2.75, 3.05) is 0 Å². The van der Waals surface area contributed by atoms with Crippen LogP contribution in [-0.2, 0) is 13.0 Å². The van der Waals surface area contributed by atoms with Gasteiger partial charge in [0, 0.05) is 0 Å². The third-order valence-electron chi connectivity index (χ3n) is 6.15. The minimum absolute atomic E-state index is 0.227. The SMILES string of the molecule is CC(C)[CH]c1c(C(Cl)(Cl)C(Cl)(Cl)C(Cl)(Cl)C(Cl)(Cl)Cl)cc(C(Cl)(Cl)C(Cl)(Cl)C(Cl)(Cl)C(Cl)(Cl)Cl)cc1C(Cl)(Cl)C(Cl)(Cl)C(Cl)(Cl)C(Cl)(Cl)Cl. The number of rotatable bonds is 11. The molecule has 0 nitrogen and oxygen atoms in total. The summed E-state index contributed by atoms with van der Waals surface area (Å²) in [6.45, 7) is 3.32. The maximum atomic E-state index is 6.93. The average Bonchev–Trinajstić information content (AvgIpc) is 2.85. The highest BCUT2D eigenvalue weighted by atomic mass is 35.6. The highest BCUT2D eigenvalue weighted by Crippen LogP contribution is 2.70. The first-order valence-electron chi connectivity index (χ1n) is 11.5. The van der Waals surface area contributed by atoms with Crippen molar-refractivity contribution in [3.63, 3.8) is 0 Å². The van der Waals surface area contributed by atoms with Gasteiger partial charge in [0.25, 0.3) is 0 Å². The van der Waals surface area contributed by atoms with Crippen LogP contribution >= 0.6 is 313 Å². The first kappa shape index (κ1) is 54.1. The smallest absolute Gasteiger partial charge is 0.0943 e. The Labute approximate surface area is 417 Å². The fourth-order valence-corrected chi connectivity index (χ4v) is 10.3. The van der Waals surface area contributed by atoms with Crippen molar-refractivity contribution in [1.29, 1.82) is 0 Å². The molecule has 0 bridgehead atoms. The Hall–Kier alpha value is 7.05. The first-order chi connectivity index (χ1) is 20.9. The molecule has 0 saturated heterocycles. The topological polar surface area (TPSA) is 0 Å². The lowest BCUT2D eigenvalue weighted by atomic mass is 9.84. The van der Waals surface area contributed by atoms with Crippen LogP contribution in [0.5, 0.6) is 0 Å². The van der Waals surface area contributed by atoms with Gasteiger partial charge >= 0.3 is 0 Å². The second-order valence-corrected chi connectivity index (χ2v) is 28.8. The molecular formula is C22H10Cl27. The zero-order chi connectivity index (χ0) is 40.0. The van der Waals surface area contributed by atoms with Crippen LogP contribution in [0.2, 0.25) is 0 Å². The molecule has 1 aromatic rings. The molecule has 0 fully saturated rings. The molecule has 0 heterocycles. The molecule has 0 aromatic heterocycles. The summed E-state index contributed by atoms with van der Waals surface area (Å²) in [5, 5.41) is 0. The largest absolute Gasteiger partial charge is 0.226 e. The van der Waals surface area contributed by atoms with Gasteiger partial charge in [0.2, 0.25) is 24.4 Å². The van der Waals surface area contributed by atoms with Crippen LogP contribution in [0, 0.1) is 12.3 Å². The van der Waals surface area contributed by atoms with E-state index >= 15 is 0 Å². The summed E-state index contributed by atoms with van der Waals surface area (Å²) in [5.74, 6) is -0.480. The van der Waals surface area contributed by atoms with Crippen LogP contribution in [0.1, 0.15) is 36.1 Å². The van der Waals surface area contributed by atoms with Gasteiger partial charge in [0.1, 0.15) is 0 Å². The summed E-state index contributed by atoms with van der Waals surface area (Å²) in [4.78, 5) is 0. The summed E-state index contributed by atoms with van der Waals surface area (Å²) in [6.07, 6.45) is 1.41. The van der Waals surface area contributed by atoms with E-state index in [4.69, 9.17) is 313 Å². The second kappa shape index (κ2) is 17.1. The Kier molecular flexibility index (Phi) is 18.8. The van der Waals surface area contributed by atoms with Gasteiger partial charge in [-0.2, -0.15) is 0 Å². The number of hydrogen-bond donors (Lipinski definition) is 0. The number of halogens is 27. The van der Waals surface area contributed by atoms with E-state index in [2.05, 4.69) is 0 Å². The summed E-state index contributed by atoms with van der Waals surface area (Å²) in [6, 6.07) is 1.97. The predicted octanol–water partition coefficient (Wildman–Crippen LogP) is 18.9. The molecule has 0 atom stereocenters. The highest BCUT2D eigenvalue weighted by Gasteiger charge is 2.73. The predicted molar refractivity (Wildman–Crippen MR) is 232 cm³/mol. The molecule has 0 unspecified atom stereocenters. The summed E-state index contributed by atoms with van der Waals surface area (Å²) < 4.78 is -34.1. The van der Waals surface area contributed by atoms with E-state index in [-0.39, 0.29) is 5.56 Å². The van der Waals surface area contributed by atoms with Crippen LogP contribution in [0.3, 0.4) is 0 Å². The normalized spacial score (nSPS) is 16.1. The van der Waals surface area contributed by atoms with Crippen molar-refractivity contribution in [2.45, 2.75) is 64.2 Å². The van der Waals surface area contributed by atoms with E-state index in [1.54, 1.807) is 13.8 Å². The molecular weight excluding hydrogens is 1220 g/mol. The van der Waals surface area contributed by atoms with Crippen LogP contribution in [0.4, 0.5) is 0 Å². The Balaban J connectivity index is 4.81. The average molecular weight is 1230 g/mol. The third kappa shape index (κ3) is 9.75. The van der Waals surface area contributed by atoms with Crippen molar-refractivity contribution in [1.82, 2.24) is 0 Å². The van der Waals surface area contributed by atoms with Gasteiger partial charge in [0.15, 0.2) is 26.0 Å². The van der Waals surface area contributed by atoms with E-state index in [9.17, 15) is 0 Å². The second-order valence-electron chi connectivity index (χ2n) is 10.1. The molecule has 0 N–H and O–H groups in total. The quantitative estimate of drug-likeness (QED) is 0.194. The molecule has 1 rings (SSSR count). The molecule has 0 spiro atoms. The molecule has 0 aliphatic heterocycles. The van der Waals surface area contributed by atoms with Gasteiger partial charge in [-0.05, 0) is 46.7 Å². The van der Waals surface area contributed by atoms with Crippen molar-refractivity contribution in [3.8, 4) is 0 Å². The van der Waals surface area contributed by atoms with Gasteiger partial charge in [-0.1, -0.05) is 327 Å². The summed E-state index contributed by atoms with van der Waals surface area (Å²) in [5.41, 5.74) is -1.77. The zero-order valence-electron chi connectivity index (χ0n) is 22.5. The van der Waals surface area contributed by atoms with E-state index in [1.807, 2.05) is 0 Å². The Bertz CT molecular complexity index is 1280. The van der Waals surface area contributed by atoms with Crippen molar-refractivity contribution < 1.29 is 0 Å². The molecule has 27 heteroatoms. The number of benzene rings is 1. The lowest BCUT2D eigenvalue weighted by molar-refractivity contribution is 0.574. The Morgan fingerprint density at radius 1 is 0.367 bits per heavy atom. The molecule has 0 amide bonds. The van der Waals surface area contributed by atoms with Crippen LogP contribution in [-0.4, -0.2) is 37.4 Å². The zero-order valence-corrected chi connectivity index (χ0v) is 42.9. The molecule has 0 saturated carbocycles. The van der Waals surface area contributed by atoms with Gasteiger partial charge < -0.3 is 0 Å². The Morgan fingerprint density at radius 3 is 0.796 bits per heavy atom. The minimum atomic E-state index is -2.95. The maximum absolute atomic E-state index is 6.93. The number of alkyl halides is 27. The van der Waals surface area contributed by atoms with E-state index in [1.165, 1.54) is 6.42 Å². The molecule has 49 heavy (non-hydrogen) atoms. The standard InChI is InChI=1S/C22H10Cl27/c1-6(2)3-8-9(12(25,26)15(31,32)18(37,38)21(44,45)46)4-7(11(23,24)14(29,30)17(35,36)20(41,42)43)5-10(8)13(27,28)16(33,34)19(39,40)22(47,48)49/h3-6H,1-2H3. The Morgan fingerprint density at radius 2 is 0.592 bits per heavy atom. The molecule has 0 aliphatic carbocycles. The molecule has 0 aliphatic rings. The van der Waals surface area contributed by atoms with Crippen molar-refractivity contribution >= 4 is 313 Å². The fraction of sp³-hybridized carbons (Fsp3) is 0.682. The third-order valence-corrected chi connectivity index (χ3v) is 22.5. The van der Waals surface area contributed by atoms with Crippen LogP contribution in [0.25, 0.3) is 0 Å². The van der Waals surface area contributed by atoms with Crippen LogP contribution in [0.15, 0.2) is 12.1 Å². The van der Waals surface area contributed by atoms with Gasteiger partial charge in [-0.3, -0.25) is 0 Å². The van der Waals surface area contributed by atoms with Crippen molar-refractivity contribution in [2.24, 2.45) is 5.92 Å². The molecule has 287 valence electrons. The summed E-state index contributed by atoms with van der Waals surface area (Å²) >= 11 is 174. The fourth-order valence-electron chi connectivity index (χ4n) is 3.51. The van der Waals surface area contributed by atoms with Gasteiger partial charge in [-0.25, -0.2) is 0 Å². The van der Waals surface area contributed by atoms with Gasteiger partial charge in [0.05, 0.1) is 0 Å². The first-order valence-corrected chi connectivity index (χ1v) is 21.7. The van der Waals surface area contributed by atoms with E-state index < -0.39 is 73.0 Å². The van der Waals surface area contributed by atoms with Gasteiger partial charge in [-0.15, -0.1) is 0 Å². The monoisotopic (exact) mass is 1220 g/mol. The number of hydrogen-bond acceptors (Lipinski definition) is 0. The maximum Gasteiger partial charge on any atom is 0.226 e. The molecule has 1 aromatic carbocycles. The summed E-state index contributed by atoms with van der Waals surface area (Å²) in [7, 11) is 0. The lowest BCUT2D eigenvalue weighted by Crippen LogP contribution is -2.57. The molecule has 1 radical (unpaired) electrons. The van der Waals surface area contributed by atoms with Crippen molar-refractivity contribution in [3.05, 3.63) is 40.8 Å². The van der Waals surface area contributed by atoms with E-state index in [0.717, 1.165) is 12.1 Å². The lowest BCUT2D eigenvalue weighted by Gasteiger charge is -2.48. The minimum Gasteiger partial charge on any atom is -0.0943 e. The van der Waals surface area contributed by atoms with Crippen LogP contribution < -0.4 is 0 Å². The highest BCUT2D eigenvalue weighted by molar-refractivity contribution is 6.82. The van der Waals surface area contributed by atoms with E-state index in [0.29, 0.717) is 0 Å².